The van der Waals surface area contributed by atoms with Crippen LogP contribution >= 0.6 is 34.8 Å². The van der Waals surface area contributed by atoms with Crippen molar-refractivity contribution in [3.63, 3.8) is 0 Å². The van der Waals surface area contributed by atoms with Crippen molar-refractivity contribution in [3.05, 3.63) is 87.4 Å². The summed E-state index contributed by atoms with van der Waals surface area (Å²) in [5.74, 6) is 0.356. The predicted molar refractivity (Wildman–Crippen MR) is 111 cm³/mol. The molecule has 3 aromatic carbocycles. The Balaban J connectivity index is 1.63. The number of halogens is 3. The molecule has 0 saturated carbocycles. The fourth-order valence-corrected chi connectivity index (χ4v) is 2.84. The van der Waals surface area contributed by atoms with Crippen molar-refractivity contribution >= 4 is 52.4 Å². The lowest BCUT2D eigenvalue weighted by Crippen LogP contribution is -2.34. The summed E-state index contributed by atoms with van der Waals surface area (Å²) in [6.07, 6.45) is 0. The maximum absolute atomic E-state index is 12.1. The summed E-state index contributed by atoms with van der Waals surface area (Å²) in [5, 5.41) is 5.86. The summed E-state index contributed by atoms with van der Waals surface area (Å²) >= 11 is 18.0. The standard InChI is InChI=1S/C20H13Cl3N2O3/c21-12-5-8-14(9-6-12)28-18-10-7-13(11-17(18)23)24-20(27)25-19(26)15-3-1-2-4-16(15)22/h1-11H,(H2,24,25,26,27). The summed E-state index contributed by atoms with van der Waals surface area (Å²) in [4.78, 5) is 24.2. The largest absolute Gasteiger partial charge is 0.456 e. The molecule has 0 heterocycles. The number of carbonyl (C=O) groups is 2. The minimum Gasteiger partial charge on any atom is -0.456 e. The third-order valence-electron chi connectivity index (χ3n) is 3.58. The molecule has 0 spiro atoms. The molecule has 28 heavy (non-hydrogen) atoms. The molecular formula is C20H13Cl3N2O3. The molecular weight excluding hydrogens is 423 g/mol. The average Bonchev–Trinajstić information content (AvgIpc) is 2.66. The monoisotopic (exact) mass is 434 g/mol. The van der Waals surface area contributed by atoms with Crippen molar-refractivity contribution in [1.82, 2.24) is 5.32 Å². The zero-order valence-corrected chi connectivity index (χ0v) is 16.5. The molecule has 0 atom stereocenters. The highest BCUT2D eigenvalue weighted by Crippen LogP contribution is 2.32. The Labute approximate surface area is 176 Å². The second kappa shape index (κ2) is 8.97. The highest BCUT2D eigenvalue weighted by molar-refractivity contribution is 6.34. The van der Waals surface area contributed by atoms with E-state index in [0.29, 0.717) is 22.2 Å². The molecule has 0 bridgehead atoms. The number of benzene rings is 3. The zero-order valence-electron chi connectivity index (χ0n) is 14.2. The summed E-state index contributed by atoms with van der Waals surface area (Å²) in [5.41, 5.74) is 0.585. The third kappa shape index (κ3) is 5.16. The molecule has 0 radical (unpaired) electrons. The van der Waals surface area contributed by atoms with Gasteiger partial charge in [-0.1, -0.05) is 46.9 Å². The fraction of sp³-hybridized carbons (Fsp3) is 0. The second-order valence-corrected chi connectivity index (χ2v) is 6.84. The number of hydrogen-bond donors (Lipinski definition) is 2. The van der Waals surface area contributed by atoms with E-state index in [9.17, 15) is 9.59 Å². The van der Waals surface area contributed by atoms with Gasteiger partial charge < -0.3 is 10.1 Å². The van der Waals surface area contributed by atoms with Crippen molar-refractivity contribution in [3.8, 4) is 11.5 Å². The number of hydrogen-bond acceptors (Lipinski definition) is 3. The van der Waals surface area contributed by atoms with E-state index >= 15 is 0 Å². The molecule has 0 fully saturated rings. The number of rotatable bonds is 4. The summed E-state index contributed by atoms with van der Waals surface area (Å²) in [6, 6.07) is 17.2. The first-order valence-electron chi connectivity index (χ1n) is 8.02. The first kappa shape index (κ1) is 20.0. The van der Waals surface area contributed by atoms with Gasteiger partial charge in [-0.25, -0.2) is 4.79 Å². The number of nitrogens with one attached hydrogen (secondary N) is 2. The van der Waals surface area contributed by atoms with Gasteiger partial charge in [-0.05, 0) is 54.6 Å². The van der Waals surface area contributed by atoms with Gasteiger partial charge in [-0.2, -0.15) is 0 Å². The van der Waals surface area contributed by atoms with Gasteiger partial charge in [0, 0.05) is 10.7 Å². The predicted octanol–water partition coefficient (Wildman–Crippen LogP) is 6.40. The average molecular weight is 436 g/mol. The van der Waals surface area contributed by atoms with Crippen LogP contribution in [0.2, 0.25) is 15.1 Å². The maximum atomic E-state index is 12.1. The van der Waals surface area contributed by atoms with Crippen LogP contribution < -0.4 is 15.4 Å². The van der Waals surface area contributed by atoms with Crippen LogP contribution in [0.15, 0.2) is 66.7 Å². The van der Waals surface area contributed by atoms with Gasteiger partial charge >= 0.3 is 6.03 Å². The molecule has 0 aromatic heterocycles. The van der Waals surface area contributed by atoms with E-state index in [-0.39, 0.29) is 15.6 Å². The number of ether oxygens (including phenoxy) is 1. The molecule has 2 N–H and O–H groups in total. The van der Waals surface area contributed by atoms with Crippen molar-refractivity contribution in [2.45, 2.75) is 0 Å². The van der Waals surface area contributed by atoms with Crippen molar-refractivity contribution in [2.75, 3.05) is 5.32 Å². The number of urea groups is 1. The Morgan fingerprint density at radius 3 is 2.21 bits per heavy atom. The lowest BCUT2D eigenvalue weighted by atomic mass is 10.2. The SMILES string of the molecule is O=C(NC(=O)c1ccccc1Cl)Nc1ccc(Oc2ccc(Cl)cc2)c(Cl)c1. The van der Waals surface area contributed by atoms with E-state index in [1.807, 2.05) is 0 Å². The quantitative estimate of drug-likeness (QED) is 0.498. The molecule has 142 valence electrons. The molecule has 3 rings (SSSR count). The third-order valence-corrected chi connectivity index (χ3v) is 4.45. The lowest BCUT2D eigenvalue weighted by Gasteiger charge is -2.11. The molecule has 0 aliphatic carbocycles. The van der Waals surface area contributed by atoms with Crippen LogP contribution in [0.4, 0.5) is 10.5 Å². The Hall–Kier alpha value is -2.73. The van der Waals surface area contributed by atoms with Gasteiger partial charge in [-0.15, -0.1) is 0 Å². The number of anilines is 1. The minimum atomic E-state index is -0.715. The Morgan fingerprint density at radius 1 is 0.821 bits per heavy atom. The second-order valence-electron chi connectivity index (χ2n) is 5.59. The van der Waals surface area contributed by atoms with Gasteiger partial charge in [0.05, 0.1) is 15.6 Å². The van der Waals surface area contributed by atoms with Crippen LogP contribution in [0.25, 0.3) is 0 Å². The molecule has 8 heteroatoms. The van der Waals surface area contributed by atoms with E-state index in [1.165, 1.54) is 12.1 Å². The van der Waals surface area contributed by atoms with E-state index in [4.69, 9.17) is 39.5 Å². The van der Waals surface area contributed by atoms with Gasteiger partial charge in [0.15, 0.2) is 0 Å². The first-order valence-corrected chi connectivity index (χ1v) is 9.15. The summed E-state index contributed by atoms with van der Waals surface area (Å²) in [6.45, 7) is 0. The van der Waals surface area contributed by atoms with Crippen LogP contribution in [0, 0.1) is 0 Å². The molecule has 0 aliphatic rings. The molecule has 0 unspecified atom stereocenters. The van der Waals surface area contributed by atoms with Crippen LogP contribution in [-0.4, -0.2) is 11.9 Å². The number of imide groups is 1. The number of amides is 3. The molecule has 3 amide bonds. The first-order chi connectivity index (χ1) is 13.4. The van der Waals surface area contributed by atoms with Gasteiger partial charge in [0.25, 0.3) is 5.91 Å². The van der Waals surface area contributed by atoms with E-state index in [1.54, 1.807) is 54.6 Å². The lowest BCUT2D eigenvalue weighted by molar-refractivity contribution is 0.0967. The Kier molecular flexibility index (Phi) is 6.41. The van der Waals surface area contributed by atoms with Crippen LogP contribution in [0.5, 0.6) is 11.5 Å². The highest BCUT2D eigenvalue weighted by Gasteiger charge is 2.14. The summed E-state index contributed by atoms with van der Waals surface area (Å²) < 4.78 is 5.67. The van der Waals surface area contributed by atoms with Crippen LogP contribution in [0.1, 0.15) is 10.4 Å². The Morgan fingerprint density at radius 2 is 1.54 bits per heavy atom. The van der Waals surface area contributed by atoms with E-state index in [0.717, 1.165) is 0 Å². The fourth-order valence-electron chi connectivity index (χ4n) is 2.27. The maximum Gasteiger partial charge on any atom is 0.326 e. The van der Waals surface area contributed by atoms with Crippen LogP contribution in [-0.2, 0) is 0 Å². The number of carbonyl (C=O) groups excluding carboxylic acids is 2. The Bertz CT molecular complexity index is 1020. The smallest absolute Gasteiger partial charge is 0.326 e. The van der Waals surface area contributed by atoms with Gasteiger partial charge in [0.2, 0.25) is 0 Å². The molecule has 5 nitrogen and oxygen atoms in total. The van der Waals surface area contributed by atoms with E-state index in [2.05, 4.69) is 10.6 Å². The van der Waals surface area contributed by atoms with Crippen LogP contribution in [0.3, 0.4) is 0 Å². The minimum absolute atomic E-state index is 0.198. The van der Waals surface area contributed by atoms with Crippen molar-refractivity contribution < 1.29 is 14.3 Å². The normalized spacial score (nSPS) is 10.2. The van der Waals surface area contributed by atoms with Crippen molar-refractivity contribution in [1.29, 1.82) is 0 Å². The summed E-state index contributed by atoms with van der Waals surface area (Å²) in [7, 11) is 0. The zero-order chi connectivity index (χ0) is 20.1. The molecule has 0 aliphatic heterocycles. The molecule has 0 saturated heterocycles. The van der Waals surface area contributed by atoms with E-state index < -0.39 is 11.9 Å². The topological polar surface area (TPSA) is 67.4 Å². The van der Waals surface area contributed by atoms with Gasteiger partial charge in [0.1, 0.15) is 11.5 Å². The van der Waals surface area contributed by atoms with Crippen molar-refractivity contribution in [2.24, 2.45) is 0 Å². The van der Waals surface area contributed by atoms with Gasteiger partial charge in [-0.3, -0.25) is 10.1 Å². The highest BCUT2D eigenvalue weighted by atomic mass is 35.5. The molecule has 3 aromatic rings.